The SMILES string of the molecule is CNCCOCCNC(O)CN(CCOCCCC1OC(CO)C(O)C(O)C1NC(C)=O)C(C)=O. The van der Waals surface area contributed by atoms with Crippen LogP contribution in [0.25, 0.3) is 0 Å². The molecular formula is C22H44N4O9. The first-order valence-electron chi connectivity index (χ1n) is 12.1. The Morgan fingerprint density at radius 1 is 1.03 bits per heavy atom. The molecule has 1 saturated heterocycles. The Balaban J connectivity index is 2.33. The van der Waals surface area contributed by atoms with E-state index in [-0.39, 0.29) is 25.0 Å². The number of nitrogens with zero attached hydrogens (tertiary/aromatic N) is 1. The summed E-state index contributed by atoms with van der Waals surface area (Å²) in [7, 11) is 1.84. The average Bonchev–Trinajstić information content (AvgIpc) is 2.81. The van der Waals surface area contributed by atoms with E-state index in [0.717, 1.165) is 6.54 Å². The first-order chi connectivity index (χ1) is 16.7. The van der Waals surface area contributed by atoms with Crippen molar-refractivity contribution in [1.29, 1.82) is 0 Å². The van der Waals surface area contributed by atoms with Gasteiger partial charge in [-0.15, -0.1) is 0 Å². The molecule has 0 aromatic carbocycles. The molecule has 1 heterocycles. The van der Waals surface area contributed by atoms with Crippen LogP contribution in [0.15, 0.2) is 0 Å². The number of hydrogen-bond donors (Lipinski definition) is 7. The summed E-state index contributed by atoms with van der Waals surface area (Å²) >= 11 is 0. The van der Waals surface area contributed by atoms with Crippen molar-refractivity contribution in [3.8, 4) is 0 Å². The molecule has 13 heteroatoms. The molecule has 0 bridgehead atoms. The van der Waals surface area contributed by atoms with E-state index in [1.165, 1.54) is 18.7 Å². The number of carbonyl (C=O) groups is 2. The van der Waals surface area contributed by atoms with E-state index in [1.807, 2.05) is 7.05 Å². The third kappa shape index (κ3) is 12.4. The maximum Gasteiger partial charge on any atom is 0.219 e. The van der Waals surface area contributed by atoms with Gasteiger partial charge in [-0.3, -0.25) is 14.9 Å². The van der Waals surface area contributed by atoms with Crippen LogP contribution in [0.3, 0.4) is 0 Å². The lowest BCUT2D eigenvalue weighted by atomic mass is 9.90. The molecule has 6 atom stereocenters. The van der Waals surface area contributed by atoms with E-state index in [9.17, 15) is 30.0 Å². The summed E-state index contributed by atoms with van der Waals surface area (Å²) in [5.74, 6) is -0.549. The second-order valence-electron chi connectivity index (χ2n) is 8.51. The fourth-order valence-electron chi connectivity index (χ4n) is 3.74. The Labute approximate surface area is 207 Å². The molecule has 1 aliphatic heterocycles. The van der Waals surface area contributed by atoms with E-state index in [2.05, 4.69) is 16.0 Å². The Morgan fingerprint density at radius 3 is 2.34 bits per heavy atom. The van der Waals surface area contributed by atoms with Crippen LogP contribution < -0.4 is 16.0 Å². The molecule has 2 amide bonds. The number of ether oxygens (including phenoxy) is 3. The van der Waals surface area contributed by atoms with Crippen molar-refractivity contribution in [1.82, 2.24) is 20.9 Å². The summed E-state index contributed by atoms with van der Waals surface area (Å²) in [4.78, 5) is 24.9. The van der Waals surface area contributed by atoms with Gasteiger partial charge >= 0.3 is 0 Å². The van der Waals surface area contributed by atoms with E-state index in [4.69, 9.17) is 14.2 Å². The van der Waals surface area contributed by atoms with Gasteiger partial charge in [0.15, 0.2) is 0 Å². The molecule has 0 aromatic rings. The van der Waals surface area contributed by atoms with Crippen LogP contribution >= 0.6 is 0 Å². The standard InChI is InChI=1S/C22H44N4O9/c1-15(28)25-20-17(35-18(14-27)21(31)22(20)32)5-4-9-33-12-8-26(16(2)29)13-19(30)24-7-11-34-10-6-23-3/h17-24,27,30-32H,4-14H2,1-3H3,(H,25,28). The van der Waals surface area contributed by atoms with Gasteiger partial charge in [-0.1, -0.05) is 0 Å². The number of amides is 2. The molecule has 206 valence electrons. The number of aliphatic hydroxyl groups is 4. The van der Waals surface area contributed by atoms with Gasteiger partial charge in [-0.05, 0) is 19.9 Å². The molecule has 13 nitrogen and oxygen atoms in total. The van der Waals surface area contributed by atoms with E-state index < -0.39 is 43.3 Å². The van der Waals surface area contributed by atoms with Crippen molar-refractivity contribution in [2.45, 2.75) is 63.4 Å². The Hall–Kier alpha value is -1.42. The largest absolute Gasteiger partial charge is 0.394 e. The molecule has 0 radical (unpaired) electrons. The highest BCUT2D eigenvalue weighted by Crippen LogP contribution is 2.24. The molecule has 1 fully saturated rings. The van der Waals surface area contributed by atoms with Crippen LogP contribution in [0.5, 0.6) is 0 Å². The highest BCUT2D eigenvalue weighted by molar-refractivity contribution is 5.73. The maximum absolute atomic E-state index is 11.9. The van der Waals surface area contributed by atoms with Gasteiger partial charge in [0.1, 0.15) is 24.5 Å². The van der Waals surface area contributed by atoms with E-state index >= 15 is 0 Å². The fraction of sp³-hybridized carbons (Fsp3) is 0.909. The normalized spacial score (nSPS) is 25.3. The summed E-state index contributed by atoms with van der Waals surface area (Å²) in [6.07, 6.45) is -4.06. The highest BCUT2D eigenvalue weighted by Gasteiger charge is 2.44. The monoisotopic (exact) mass is 508 g/mol. The summed E-state index contributed by atoms with van der Waals surface area (Å²) in [5.41, 5.74) is 0. The van der Waals surface area contributed by atoms with Crippen molar-refractivity contribution >= 4 is 11.8 Å². The van der Waals surface area contributed by atoms with E-state index in [1.54, 1.807) is 0 Å². The van der Waals surface area contributed by atoms with Crippen molar-refractivity contribution in [3.63, 3.8) is 0 Å². The van der Waals surface area contributed by atoms with Crippen LogP contribution in [0, 0.1) is 0 Å². The second kappa shape index (κ2) is 17.9. The molecule has 0 spiro atoms. The number of nitrogens with one attached hydrogen (secondary N) is 3. The summed E-state index contributed by atoms with van der Waals surface area (Å²) < 4.78 is 16.7. The lowest BCUT2D eigenvalue weighted by molar-refractivity contribution is -0.197. The van der Waals surface area contributed by atoms with Crippen molar-refractivity contribution in [3.05, 3.63) is 0 Å². The zero-order valence-corrected chi connectivity index (χ0v) is 21.0. The predicted octanol–water partition coefficient (Wildman–Crippen LogP) is -3.24. The summed E-state index contributed by atoms with van der Waals surface area (Å²) in [6.45, 7) is 5.54. The summed E-state index contributed by atoms with van der Waals surface area (Å²) in [5, 5.41) is 48.4. The maximum atomic E-state index is 11.9. The average molecular weight is 509 g/mol. The highest BCUT2D eigenvalue weighted by atomic mass is 16.5. The quantitative estimate of drug-likeness (QED) is 0.0730. The van der Waals surface area contributed by atoms with Crippen molar-refractivity contribution in [2.75, 3.05) is 66.3 Å². The minimum absolute atomic E-state index is 0.117. The topological polar surface area (TPSA) is 182 Å². The predicted molar refractivity (Wildman–Crippen MR) is 126 cm³/mol. The van der Waals surface area contributed by atoms with Crippen molar-refractivity contribution < 1.29 is 44.2 Å². The van der Waals surface area contributed by atoms with Gasteiger partial charge in [-0.2, -0.15) is 0 Å². The molecule has 7 N–H and O–H groups in total. The molecule has 1 rings (SSSR count). The molecule has 35 heavy (non-hydrogen) atoms. The van der Waals surface area contributed by atoms with Crippen LogP contribution in [0.1, 0.15) is 26.7 Å². The number of rotatable bonds is 18. The number of aliphatic hydroxyl groups excluding tert-OH is 4. The Morgan fingerprint density at radius 2 is 1.71 bits per heavy atom. The molecule has 6 unspecified atom stereocenters. The van der Waals surface area contributed by atoms with Gasteiger partial charge in [0.2, 0.25) is 11.8 Å². The van der Waals surface area contributed by atoms with Gasteiger partial charge in [0.25, 0.3) is 0 Å². The van der Waals surface area contributed by atoms with Crippen LogP contribution in [0.2, 0.25) is 0 Å². The summed E-state index contributed by atoms with van der Waals surface area (Å²) in [6, 6.07) is -0.804. The van der Waals surface area contributed by atoms with Crippen LogP contribution in [-0.4, -0.2) is 140 Å². The van der Waals surface area contributed by atoms with Crippen molar-refractivity contribution in [2.24, 2.45) is 0 Å². The fourth-order valence-corrected chi connectivity index (χ4v) is 3.74. The first-order valence-corrected chi connectivity index (χ1v) is 12.1. The third-order valence-electron chi connectivity index (χ3n) is 5.64. The van der Waals surface area contributed by atoms with Gasteiger partial charge in [0.05, 0.1) is 45.1 Å². The second-order valence-corrected chi connectivity index (χ2v) is 8.51. The smallest absolute Gasteiger partial charge is 0.219 e. The molecule has 0 aliphatic carbocycles. The lowest BCUT2D eigenvalue weighted by Crippen LogP contribution is -2.63. The lowest BCUT2D eigenvalue weighted by Gasteiger charge is -2.42. The minimum Gasteiger partial charge on any atom is -0.394 e. The van der Waals surface area contributed by atoms with Gasteiger partial charge in [0, 0.05) is 40.1 Å². The first kappa shape index (κ1) is 31.6. The van der Waals surface area contributed by atoms with Gasteiger partial charge < -0.3 is 50.2 Å². The zero-order valence-electron chi connectivity index (χ0n) is 21.0. The number of carbonyl (C=O) groups excluding carboxylic acids is 2. The van der Waals surface area contributed by atoms with Crippen LogP contribution in [0.4, 0.5) is 0 Å². The molecule has 0 aromatic heterocycles. The zero-order chi connectivity index (χ0) is 26.2. The number of hydrogen-bond acceptors (Lipinski definition) is 11. The molecule has 1 aliphatic rings. The van der Waals surface area contributed by atoms with Crippen LogP contribution in [-0.2, 0) is 23.8 Å². The molecule has 0 saturated carbocycles. The molecular weight excluding hydrogens is 464 g/mol. The third-order valence-corrected chi connectivity index (χ3v) is 5.64. The minimum atomic E-state index is -1.31. The number of likely N-dealkylation sites (N-methyl/N-ethyl adjacent to an activating group) is 1. The Kier molecular flexibility index (Phi) is 16.2. The van der Waals surface area contributed by atoms with Gasteiger partial charge in [-0.25, -0.2) is 0 Å². The Bertz CT molecular complexity index is 601. The van der Waals surface area contributed by atoms with E-state index in [0.29, 0.717) is 45.8 Å².